The number of hydrogen-bond donors (Lipinski definition) is 1. The molecule has 0 heterocycles. The molecule has 1 amide bonds. The van der Waals surface area contributed by atoms with Gasteiger partial charge in [-0.3, -0.25) is 0 Å². The van der Waals surface area contributed by atoms with Crippen molar-refractivity contribution in [3.8, 4) is 0 Å². The molecule has 14 heavy (non-hydrogen) atoms. The van der Waals surface area contributed by atoms with Gasteiger partial charge in [-0.1, -0.05) is 48.5 Å². The Morgan fingerprint density at radius 1 is 1.14 bits per heavy atom. The van der Waals surface area contributed by atoms with Gasteiger partial charge in [0.2, 0.25) is 0 Å². The molecule has 0 aromatic heterocycles. The van der Waals surface area contributed by atoms with Gasteiger partial charge in [-0.05, 0) is 5.41 Å². The number of carbonyl (C=O) groups excluding carboxylic acids is 1. The van der Waals surface area contributed by atoms with E-state index in [-0.39, 0.29) is 11.5 Å². The summed E-state index contributed by atoms with van der Waals surface area (Å²) in [5.74, 6) is 0. The molecule has 0 aliphatic carbocycles. The van der Waals surface area contributed by atoms with Crippen LogP contribution < -0.4 is 5.32 Å². The van der Waals surface area contributed by atoms with E-state index in [1.807, 2.05) is 48.5 Å². The SMILES string of the molecule is CC.CC.CNC(=O)OCC(C)(C)C. The van der Waals surface area contributed by atoms with Crippen molar-refractivity contribution in [3.63, 3.8) is 0 Å². The monoisotopic (exact) mass is 205 g/mol. The van der Waals surface area contributed by atoms with E-state index < -0.39 is 0 Å². The Morgan fingerprint density at radius 2 is 1.50 bits per heavy atom. The average molecular weight is 205 g/mol. The Hall–Kier alpha value is -0.730. The van der Waals surface area contributed by atoms with Gasteiger partial charge < -0.3 is 10.1 Å². The minimum absolute atomic E-state index is 0.0481. The molecule has 0 aromatic carbocycles. The van der Waals surface area contributed by atoms with E-state index in [4.69, 9.17) is 4.74 Å². The first-order valence-electron chi connectivity index (χ1n) is 5.30. The minimum atomic E-state index is -0.366. The lowest BCUT2D eigenvalue weighted by molar-refractivity contribution is 0.108. The van der Waals surface area contributed by atoms with Crippen molar-refractivity contribution < 1.29 is 9.53 Å². The van der Waals surface area contributed by atoms with Crippen LogP contribution in [-0.2, 0) is 4.74 Å². The van der Waals surface area contributed by atoms with Crippen molar-refractivity contribution in [3.05, 3.63) is 0 Å². The molecular formula is C11H27NO2. The van der Waals surface area contributed by atoms with E-state index in [0.29, 0.717) is 6.61 Å². The Bertz CT molecular complexity index is 117. The first kappa shape index (κ1) is 18.9. The molecule has 0 bridgehead atoms. The van der Waals surface area contributed by atoms with Crippen molar-refractivity contribution in [2.75, 3.05) is 13.7 Å². The predicted molar refractivity (Wildman–Crippen MR) is 62.6 cm³/mol. The van der Waals surface area contributed by atoms with Crippen LogP contribution >= 0.6 is 0 Å². The highest BCUT2D eigenvalue weighted by Crippen LogP contribution is 2.12. The summed E-state index contributed by atoms with van der Waals surface area (Å²) in [6, 6.07) is 0. The van der Waals surface area contributed by atoms with E-state index in [9.17, 15) is 4.79 Å². The average Bonchev–Trinajstić information content (AvgIpc) is 2.19. The standard InChI is InChI=1S/C7H15NO2.2C2H6/c1-7(2,3)5-10-6(9)8-4;2*1-2/h5H2,1-4H3,(H,8,9);2*1-2H3. The van der Waals surface area contributed by atoms with Crippen LogP contribution in [-0.4, -0.2) is 19.7 Å². The predicted octanol–water partition coefficient (Wildman–Crippen LogP) is 3.44. The summed E-state index contributed by atoms with van der Waals surface area (Å²) >= 11 is 0. The topological polar surface area (TPSA) is 38.3 Å². The number of ether oxygens (including phenoxy) is 1. The number of amides is 1. The molecular weight excluding hydrogens is 178 g/mol. The summed E-state index contributed by atoms with van der Waals surface area (Å²) in [5.41, 5.74) is 0.0481. The van der Waals surface area contributed by atoms with Crippen LogP contribution in [0.25, 0.3) is 0 Å². The molecule has 0 aliphatic heterocycles. The minimum Gasteiger partial charge on any atom is -0.449 e. The summed E-state index contributed by atoms with van der Waals surface area (Å²) in [5, 5.41) is 2.38. The normalized spacial score (nSPS) is 8.57. The van der Waals surface area contributed by atoms with Gasteiger partial charge in [0, 0.05) is 7.05 Å². The third-order valence-corrected chi connectivity index (χ3v) is 0.840. The summed E-state index contributed by atoms with van der Waals surface area (Å²) in [6.45, 7) is 14.5. The molecule has 0 fully saturated rings. The highest BCUT2D eigenvalue weighted by Gasteiger charge is 2.12. The molecule has 3 heteroatoms. The number of alkyl carbamates (subject to hydrolysis) is 1. The van der Waals surface area contributed by atoms with Gasteiger partial charge in [-0.25, -0.2) is 4.79 Å². The maximum absolute atomic E-state index is 10.5. The largest absolute Gasteiger partial charge is 0.449 e. The van der Waals surface area contributed by atoms with Gasteiger partial charge in [0.25, 0.3) is 0 Å². The Balaban J connectivity index is -0.000000266. The van der Waals surface area contributed by atoms with Crippen molar-refractivity contribution >= 4 is 6.09 Å². The van der Waals surface area contributed by atoms with Crippen LogP contribution in [0.1, 0.15) is 48.5 Å². The Morgan fingerprint density at radius 3 is 1.71 bits per heavy atom. The third kappa shape index (κ3) is 22.5. The maximum Gasteiger partial charge on any atom is 0.406 e. The molecule has 0 unspecified atom stereocenters. The quantitative estimate of drug-likeness (QED) is 0.712. The number of carbonyl (C=O) groups is 1. The molecule has 3 nitrogen and oxygen atoms in total. The van der Waals surface area contributed by atoms with Crippen LogP contribution in [0, 0.1) is 5.41 Å². The van der Waals surface area contributed by atoms with Crippen molar-refractivity contribution in [2.24, 2.45) is 5.41 Å². The van der Waals surface area contributed by atoms with Crippen LogP contribution in [0.3, 0.4) is 0 Å². The summed E-state index contributed by atoms with van der Waals surface area (Å²) in [4.78, 5) is 10.5. The van der Waals surface area contributed by atoms with Gasteiger partial charge >= 0.3 is 6.09 Å². The van der Waals surface area contributed by atoms with Crippen LogP contribution in [0.5, 0.6) is 0 Å². The van der Waals surface area contributed by atoms with Gasteiger partial charge in [0.05, 0.1) is 6.61 Å². The second-order valence-electron chi connectivity index (χ2n) is 3.39. The first-order chi connectivity index (χ1) is 6.45. The van der Waals surface area contributed by atoms with E-state index in [0.717, 1.165) is 0 Å². The van der Waals surface area contributed by atoms with Crippen LogP contribution in [0.4, 0.5) is 4.79 Å². The number of rotatable bonds is 1. The lowest BCUT2D eigenvalue weighted by Crippen LogP contribution is -2.24. The summed E-state index contributed by atoms with van der Waals surface area (Å²) in [7, 11) is 1.55. The fraction of sp³-hybridized carbons (Fsp3) is 0.909. The molecule has 0 radical (unpaired) electrons. The third-order valence-electron chi connectivity index (χ3n) is 0.840. The zero-order chi connectivity index (χ0) is 12.2. The molecule has 0 saturated carbocycles. The van der Waals surface area contributed by atoms with Crippen molar-refractivity contribution in [2.45, 2.75) is 48.5 Å². The smallest absolute Gasteiger partial charge is 0.406 e. The van der Waals surface area contributed by atoms with Gasteiger partial charge in [-0.2, -0.15) is 0 Å². The summed E-state index contributed by atoms with van der Waals surface area (Å²) < 4.78 is 4.81. The second kappa shape index (κ2) is 12.3. The summed E-state index contributed by atoms with van der Waals surface area (Å²) in [6.07, 6.45) is -0.366. The molecule has 0 rings (SSSR count). The molecule has 0 atom stereocenters. The Labute approximate surface area is 89.2 Å². The zero-order valence-electron chi connectivity index (χ0n) is 11.0. The van der Waals surface area contributed by atoms with E-state index >= 15 is 0 Å². The molecule has 0 aliphatic rings. The molecule has 0 saturated heterocycles. The van der Waals surface area contributed by atoms with Gasteiger partial charge in [0.1, 0.15) is 0 Å². The lowest BCUT2D eigenvalue weighted by atomic mass is 9.99. The fourth-order valence-corrected chi connectivity index (χ4v) is 0.354. The second-order valence-corrected chi connectivity index (χ2v) is 3.39. The Kier molecular flexibility index (Phi) is 16.6. The molecule has 0 aromatic rings. The lowest BCUT2D eigenvalue weighted by Gasteiger charge is -2.17. The fourth-order valence-electron chi connectivity index (χ4n) is 0.354. The van der Waals surface area contributed by atoms with Gasteiger partial charge in [0.15, 0.2) is 0 Å². The highest BCUT2D eigenvalue weighted by molar-refractivity contribution is 5.66. The molecule has 88 valence electrons. The van der Waals surface area contributed by atoms with E-state index in [1.54, 1.807) is 7.05 Å². The van der Waals surface area contributed by atoms with Gasteiger partial charge in [-0.15, -0.1) is 0 Å². The highest BCUT2D eigenvalue weighted by atomic mass is 16.5. The van der Waals surface area contributed by atoms with E-state index in [1.165, 1.54) is 0 Å². The van der Waals surface area contributed by atoms with Crippen LogP contribution in [0.15, 0.2) is 0 Å². The molecule has 0 spiro atoms. The van der Waals surface area contributed by atoms with Crippen molar-refractivity contribution in [1.29, 1.82) is 0 Å². The zero-order valence-corrected chi connectivity index (χ0v) is 11.0. The van der Waals surface area contributed by atoms with Crippen LogP contribution in [0.2, 0.25) is 0 Å². The number of nitrogens with one attached hydrogen (secondary N) is 1. The first-order valence-corrected chi connectivity index (χ1v) is 5.30. The maximum atomic E-state index is 10.5. The number of hydrogen-bond acceptors (Lipinski definition) is 2. The van der Waals surface area contributed by atoms with Crippen molar-refractivity contribution in [1.82, 2.24) is 5.32 Å². The molecule has 1 N–H and O–H groups in total. The van der Waals surface area contributed by atoms with E-state index in [2.05, 4.69) is 5.32 Å².